The van der Waals surface area contributed by atoms with Crippen LogP contribution in [0.4, 0.5) is 0 Å². The second-order valence-corrected chi connectivity index (χ2v) is 6.47. The van der Waals surface area contributed by atoms with Gasteiger partial charge in [0.1, 0.15) is 0 Å². The molecule has 2 N–H and O–H groups in total. The van der Waals surface area contributed by atoms with E-state index in [0.29, 0.717) is 13.0 Å². The molecule has 0 radical (unpaired) electrons. The topological polar surface area (TPSA) is 73.0 Å². The molecule has 1 rings (SSSR count). The SMILES string of the molecule is CCS(=O)(=O)c1nc(C)c(CCN)s1. The van der Waals surface area contributed by atoms with Crippen LogP contribution in [0.25, 0.3) is 0 Å². The van der Waals surface area contributed by atoms with Gasteiger partial charge in [-0.1, -0.05) is 6.92 Å². The van der Waals surface area contributed by atoms with Crippen LogP contribution in [0.1, 0.15) is 17.5 Å². The smallest absolute Gasteiger partial charge is 0.209 e. The summed E-state index contributed by atoms with van der Waals surface area (Å²) in [5.41, 5.74) is 6.19. The Morgan fingerprint density at radius 2 is 2.14 bits per heavy atom. The van der Waals surface area contributed by atoms with Crippen LogP contribution in [-0.2, 0) is 16.3 Å². The lowest BCUT2D eigenvalue weighted by Crippen LogP contribution is -2.02. The number of nitrogens with two attached hydrogens (primary N) is 1. The molecule has 0 aromatic carbocycles. The van der Waals surface area contributed by atoms with E-state index in [-0.39, 0.29) is 10.1 Å². The van der Waals surface area contributed by atoms with Crippen LogP contribution in [0.15, 0.2) is 4.34 Å². The minimum atomic E-state index is -3.15. The van der Waals surface area contributed by atoms with Crippen LogP contribution in [-0.4, -0.2) is 25.7 Å². The summed E-state index contributed by atoms with van der Waals surface area (Å²) in [6.07, 6.45) is 0.697. The normalized spacial score (nSPS) is 11.9. The third-order valence-electron chi connectivity index (χ3n) is 1.89. The Morgan fingerprint density at radius 3 is 2.64 bits per heavy atom. The number of sulfone groups is 1. The summed E-state index contributed by atoms with van der Waals surface area (Å²) in [7, 11) is -3.15. The lowest BCUT2D eigenvalue weighted by atomic mass is 10.3. The van der Waals surface area contributed by atoms with Crippen molar-refractivity contribution < 1.29 is 8.42 Å². The van der Waals surface area contributed by atoms with Crippen LogP contribution in [0, 0.1) is 6.92 Å². The highest BCUT2D eigenvalue weighted by Gasteiger charge is 2.18. The summed E-state index contributed by atoms with van der Waals surface area (Å²) < 4.78 is 23.2. The van der Waals surface area contributed by atoms with Gasteiger partial charge in [-0.15, -0.1) is 11.3 Å². The molecule has 0 unspecified atom stereocenters. The Hall–Kier alpha value is -0.460. The lowest BCUT2D eigenvalue weighted by molar-refractivity contribution is 0.596. The molecule has 0 spiro atoms. The number of rotatable bonds is 4. The van der Waals surface area contributed by atoms with E-state index in [9.17, 15) is 8.42 Å². The van der Waals surface area contributed by atoms with E-state index >= 15 is 0 Å². The fourth-order valence-corrected chi connectivity index (χ4v) is 3.51. The molecule has 0 atom stereocenters. The molecule has 14 heavy (non-hydrogen) atoms. The molecule has 0 bridgehead atoms. The van der Waals surface area contributed by atoms with E-state index in [2.05, 4.69) is 4.98 Å². The molecule has 1 aromatic heterocycles. The van der Waals surface area contributed by atoms with Gasteiger partial charge in [0.2, 0.25) is 14.2 Å². The highest BCUT2D eigenvalue weighted by molar-refractivity contribution is 7.93. The van der Waals surface area contributed by atoms with Crippen molar-refractivity contribution >= 4 is 21.2 Å². The van der Waals surface area contributed by atoms with Crippen LogP contribution in [0.2, 0.25) is 0 Å². The van der Waals surface area contributed by atoms with Gasteiger partial charge in [0.25, 0.3) is 0 Å². The number of aromatic nitrogens is 1. The second kappa shape index (κ2) is 4.37. The monoisotopic (exact) mass is 234 g/mol. The minimum Gasteiger partial charge on any atom is -0.330 e. The quantitative estimate of drug-likeness (QED) is 0.834. The first-order chi connectivity index (χ1) is 6.51. The molecule has 0 saturated carbocycles. The molecule has 0 aliphatic carbocycles. The van der Waals surface area contributed by atoms with Crippen LogP contribution >= 0.6 is 11.3 Å². The maximum absolute atomic E-state index is 11.5. The van der Waals surface area contributed by atoms with Gasteiger partial charge in [-0.2, -0.15) is 0 Å². The third-order valence-corrected chi connectivity index (χ3v) is 5.30. The van der Waals surface area contributed by atoms with Gasteiger partial charge in [-0.05, 0) is 19.9 Å². The lowest BCUT2D eigenvalue weighted by Gasteiger charge is -1.92. The molecule has 0 aliphatic heterocycles. The highest BCUT2D eigenvalue weighted by Crippen LogP contribution is 2.23. The van der Waals surface area contributed by atoms with Gasteiger partial charge in [0, 0.05) is 4.88 Å². The van der Waals surface area contributed by atoms with Crippen molar-refractivity contribution in [3.8, 4) is 0 Å². The van der Waals surface area contributed by atoms with E-state index < -0.39 is 9.84 Å². The Bertz CT molecular complexity index is 409. The van der Waals surface area contributed by atoms with Crippen molar-refractivity contribution in [3.63, 3.8) is 0 Å². The van der Waals surface area contributed by atoms with Crippen molar-refractivity contribution in [3.05, 3.63) is 10.6 Å². The van der Waals surface area contributed by atoms with E-state index in [0.717, 1.165) is 10.6 Å². The van der Waals surface area contributed by atoms with Gasteiger partial charge in [-0.25, -0.2) is 13.4 Å². The van der Waals surface area contributed by atoms with Gasteiger partial charge >= 0.3 is 0 Å². The Kier molecular flexibility index (Phi) is 3.63. The maximum atomic E-state index is 11.5. The largest absolute Gasteiger partial charge is 0.330 e. The second-order valence-electron chi connectivity index (χ2n) is 2.93. The van der Waals surface area contributed by atoms with Gasteiger partial charge in [0.15, 0.2) is 0 Å². The zero-order valence-corrected chi connectivity index (χ0v) is 9.91. The standard InChI is InChI=1S/C8H14N2O2S2/c1-3-14(11,12)8-10-6(2)7(13-8)4-5-9/h3-5,9H2,1-2H3. The summed E-state index contributed by atoms with van der Waals surface area (Å²) in [5.74, 6) is 0.0992. The minimum absolute atomic E-state index is 0.0992. The van der Waals surface area contributed by atoms with E-state index in [1.54, 1.807) is 6.92 Å². The first-order valence-corrected chi connectivity index (χ1v) is 6.87. The number of nitrogens with zero attached hydrogens (tertiary/aromatic N) is 1. The van der Waals surface area contributed by atoms with E-state index in [1.807, 2.05) is 6.92 Å². The first-order valence-electron chi connectivity index (χ1n) is 4.40. The molecule has 0 aliphatic rings. The molecule has 4 nitrogen and oxygen atoms in total. The molecule has 0 saturated heterocycles. The van der Waals surface area contributed by atoms with Crippen molar-refractivity contribution in [2.75, 3.05) is 12.3 Å². The van der Waals surface area contributed by atoms with Crippen LogP contribution in [0.5, 0.6) is 0 Å². The Labute approximate surface area is 88.1 Å². The summed E-state index contributed by atoms with van der Waals surface area (Å²) in [6, 6.07) is 0. The van der Waals surface area contributed by atoms with E-state index in [4.69, 9.17) is 5.73 Å². The fraction of sp³-hybridized carbons (Fsp3) is 0.625. The maximum Gasteiger partial charge on any atom is 0.209 e. The predicted molar refractivity (Wildman–Crippen MR) is 57.3 cm³/mol. The molecule has 6 heteroatoms. The molecular weight excluding hydrogens is 220 g/mol. The van der Waals surface area contributed by atoms with Crippen molar-refractivity contribution in [1.29, 1.82) is 0 Å². The number of aryl methyl sites for hydroxylation is 1. The molecule has 1 heterocycles. The summed E-state index contributed by atoms with van der Waals surface area (Å²) in [4.78, 5) is 5.02. The highest BCUT2D eigenvalue weighted by atomic mass is 32.2. The molecular formula is C8H14N2O2S2. The zero-order chi connectivity index (χ0) is 10.8. The predicted octanol–water partition coefficient (Wildman–Crippen LogP) is 0.746. The summed E-state index contributed by atoms with van der Waals surface area (Å²) in [6.45, 7) is 3.96. The van der Waals surface area contributed by atoms with Gasteiger partial charge in [0.05, 0.1) is 11.4 Å². The van der Waals surface area contributed by atoms with Crippen molar-refractivity contribution in [2.24, 2.45) is 5.73 Å². The summed E-state index contributed by atoms with van der Waals surface area (Å²) >= 11 is 1.24. The molecule has 80 valence electrons. The average Bonchev–Trinajstić information content (AvgIpc) is 2.49. The van der Waals surface area contributed by atoms with Crippen molar-refractivity contribution in [1.82, 2.24) is 4.98 Å². The van der Waals surface area contributed by atoms with E-state index in [1.165, 1.54) is 11.3 Å². The molecule has 1 aromatic rings. The van der Waals surface area contributed by atoms with Crippen LogP contribution in [0.3, 0.4) is 0 Å². The van der Waals surface area contributed by atoms with Crippen LogP contribution < -0.4 is 5.73 Å². The summed E-state index contributed by atoms with van der Waals surface area (Å²) in [5, 5.41) is 0. The molecule has 0 amide bonds. The Morgan fingerprint density at radius 1 is 1.50 bits per heavy atom. The first kappa shape index (κ1) is 11.6. The number of thiazole rings is 1. The van der Waals surface area contributed by atoms with Gasteiger partial charge < -0.3 is 5.73 Å². The third kappa shape index (κ3) is 2.31. The van der Waals surface area contributed by atoms with Crippen molar-refractivity contribution in [2.45, 2.75) is 24.6 Å². The fourth-order valence-electron chi connectivity index (χ4n) is 1.02. The number of hydrogen-bond acceptors (Lipinski definition) is 5. The average molecular weight is 234 g/mol. The van der Waals surface area contributed by atoms with Gasteiger partial charge in [-0.3, -0.25) is 0 Å². The molecule has 0 fully saturated rings. The Balaban J connectivity index is 3.08. The number of hydrogen-bond donors (Lipinski definition) is 1. The zero-order valence-electron chi connectivity index (χ0n) is 8.28.